The van der Waals surface area contributed by atoms with Gasteiger partial charge >= 0.3 is 0 Å². The molecule has 0 unspecified atom stereocenters. The van der Waals surface area contributed by atoms with E-state index in [1.807, 2.05) is 19.9 Å². The monoisotopic (exact) mass is 294 g/mol. The van der Waals surface area contributed by atoms with Gasteiger partial charge in [-0.05, 0) is 38.8 Å². The van der Waals surface area contributed by atoms with Crippen molar-refractivity contribution >= 4 is 10.0 Å². The summed E-state index contributed by atoms with van der Waals surface area (Å²) in [7, 11) is -3.47. The number of aryl methyl sites for hydroxylation is 3. The molecule has 0 aliphatic carbocycles. The van der Waals surface area contributed by atoms with Crippen molar-refractivity contribution in [1.82, 2.24) is 9.88 Å². The first-order valence-electron chi connectivity index (χ1n) is 6.39. The van der Waals surface area contributed by atoms with Crippen molar-refractivity contribution in [2.75, 3.05) is 6.54 Å². The first kappa shape index (κ1) is 14.7. The van der Waals surface area contributed by atoms with Crippen LogP contribution in [0.1, 0.15) is 22.6 Å². The topological polar surface area (TPSA) is 72.2 Å². The van der Waals surface area contributed by atoms with Crippen LogP contribution < -0.4 is 4.72 Å². The minimum absolute atomic E-state index is 0.318. The fraction of sp³-hybridized carbons (Fsp3) is 0.357. The Bertz CT molecular complexity index is 685. The maximum atomic E-state index is 12.2. The Morgan fingerprint density at radius 2 is 1.90 bits per heavy atom. The first-order chi connectivity index (χ1) is 9.42. The molecule has 5 nitrogen and oxygen atoms in total. The van der Waals surface area contributed by atoms with Crippen molar-refractivity contribution in [3.8, 4) is 0 Å². The van der Waals surface area contributed by atoms with Gasteiger partial charge < -0.3 is 4.52 Å². The Morgan fingerprint density at radius 3 is 2.50 bits per heavy atom. The van der Waals surface area contributed by atoms with Crippen LogP contribution >= 0.6 is 0 Å². The number of benzene rings is 1. The van der Waals surface area contributed by atoms with Gasteiger partial charge in [0, 0.05) is 12.1 Å². The number of hydrogen-bond acceptors (Lipinski definition) is 4. The van der Waals surface area contributed by atoms with E-state index in [0.717, 1.165) is 22.6 Å². The zero-order valence-electron chi connectivity index (χ0n) is 11.8. The maximum absolute atomic E-state index is 12.2. The molecule has 2 rings (SSSR count). The van der Waals surface area contributed by atoms with E-state index in [1.54, 1.807) is 25.1 Å². The van der Waals surface area contributed by atoms with Gasteiger partial charge in [0.2, 0.25) is 10.0 Å². The van der Waals surface area contributed by atoms with E-state index in [-0.39, 0.29) is 0 Å². The van der Waals surface area contributed by atoms with Crippen LogP contribution in [0.3, 0.4) is 0 Å². The number of nitrogens with zero attached hydrogens (tertiary/aromatic N) is 1. The third-order valence-corrected chi connectivity index (χ3v) is 4.85. The lowest BCUT2D eigenvalue weighted by Gasteiger charge is -2.08. The van der Waals surface area contributed by atoms with Crippen molar-refractivity contribution in [1.29, 1.82) is 0 Å². The second kappa shape index (κ2) is 5.76. The molecular weight excluding hydrogens is 276 g/mol. The smallest absolute Gasteiger partial charge is 0.240 e. The van der Waals surface area contributed by atoms with E-state index in [4.69, 9.17) is 4.52 Å². The van der Waals surface area contributed by atoms with Gasteiger partial charge in [-0.25, -0.2) is 13.1 Å². The second-order valence-corrected chi connectivity index (χ2v) is 6.45. The summed E-state index contributed by atoms with van der Waals surface area (Å²) in [6.45, 7) is 5.77. The van der Waals surface area contributed by atoms with Crippen LogP contribution in [-0.4, -0.2) is 20.1 Å². The molecule has 0 spiro atoms. The predicted octanol–water partition coefficient (Wildman–Crippen LogP) is 2.12. The van der Waals surface area contributed by atoms with Crippen LogP contribution in [-0.2, 0) is 16.4 Å². The van der Waals surface area contributed by atoms with Gasteiger partial charge in [-0.2, -0.15) is 0 Å². The van der Waals surface area contributed by atoms with Gasteiger partial charge in [0.05, 0.1) is 10.6 Å². The number of hydrogen-bond donors (Lipinski definition) is 1. The van der Waals surface area contributed by atoms with Crippen molar-refractivity contribution in [2.24, 2.45) is 0 Å². The lowest BCUT2D eigenvalue weighted by Crippen LogP contribution is -2.26. The highest BCUT2D eigenvalue weighted by Gasteiger charge is 2.16. The van der Waals surface area contributed by atoms with Crippen molar-refractivity contribution in [2.45, 2.75) is 32.1 Å². The molecule has 0 saturated heterocycles. The average Bonchev–Trinajstić information content (AvgIpc) is 2.70. The summed E-state index contributed by atoms with van der Waals surface area (Å²) in [5.41, 5.74) is 2.49. The highest BCUT2D eigenvalue weighted by atomic mass is 32.2. The molecule has 1 aromatic carbocycles. The Kier molecular flexibility index (Phi) is 4.25. The molecule has 0 bridgehead atoms. The minimum Gasteiger partial charge on any atom is -0.361 e. The van der Waals surface area contributed by atoms with Crippen molar-refractivity contribution < 1.29 is 12.9 Å². The molecule has 0 saturated carbocycles. The molecule has 0 aliphatic heterocycles. The van der Waals surface area contributed by atoms with Gasteiger partial charge in [-0.1, -0.05) is 23.4 Å². The van der Waals surface area contributed by atoms with Crippen LogP contribution in [0.25, 0.3) is 0 Å². The Labute approximate surface area is 119 Å². The fourth-order valence-electron chi connectivity index (χ4n) is 2.10. The SMILES string of the molecule is Cc1ccccc1S(=O)(=O)NCCc1c(C)noc1C. The van der Waals surface area contributed by atoms with Crippen LogP contribution in [0.2, 0.25) is 0 Å². The second-order valence-electron chi connectivity index (χ2n) is 4.72. The fourth-order valence-corrected chi connectivity index (χ4v) is 3.38. The van der Waals surface area contributed by atoms with E-state index in [2.05, 4.69) is 9.88 Å². The van der Waals surface area contributed by atoms with Crippen molar-refractivity contribution in [3.05, 3.63) is 46.8 Å². The van der Waals surface area contributed by atoms with E-state index in [0.29, 0.717) is 17.9 Å². The molecule has 0 radical (unpaired) electrons. The van der Waals surface area contributed by atoms with E-state index < -0.39 is 10.0 Å². The molecule has 0 fully saturated rings. The first-order valence-corrected chi connectivity index (χ1v) is 7.87. The molecule has 2 aromatic rings. The lowest BCUT2D eigenvalue weighted by molar-refractivity contribution is 0.392. The standard InChI is InChI=1S/C14H18N2O3S/c1-10-6-4-5-7-14(10)20(17,18)15-9-8-13-11(2)16-19-12(13)3/h4-7,15H,8-9H2,1-3H3. The van der Waals surface area contributed by atoms with Gasteiger partial charge in [0.15, 0.2) is 0 Å². The molecule has 1 N–H and O–H groups in total. The summed E-state index contributed by atoms with van der Waals surface area (Å²) in [4.78, 5) is 0.318. The van der Waals surface area contributed by atoms with Gasteiger partial charge in [-0.3, -0.25) is 0 Å². The van der Waals surface area contributed by atoms with E-state index in [1.165, 1.54) is 0 Å². The lowest BCUT2D eigenvalue weighted by atomic mass is 10.1. The third kappa shape index (κ3) is 3.08. The van der Waals surface area contributed by atoms with E-state index >= 15 is 0 Å². The Hall–Kier alpha value is -1.66. The third-order valence-electron chi connectivity index (χ3n) is 3.23. The largest absolute Gasteiger partial charge is 0.361 e. The molecule has 1 aromatic heterocycles. The van der Waals surface area contributed by atoms with Gasteiger partial charge in [-0.15, -0.1) is 0 Å². The highest BCUT2D eigenvalue weighted by molar-refractivity contribution is 7.89. The summed E-state index contributed by atoms with van der Waals surface area (Å²) in [6, 6.07) is 6.92. The van der Waals surface area contributed by atoms with Crippen LogP contribution in [0.15, 0.2) is 33.7 Å². The van der Waals surface area contributed by atoms with Gasteiger partial charge in [0.25, 0.3) is 0 Å². The Morgan fingerprint density at radius 1 is 1.20 bits per heavy atom. The molecular formula is C14H18N2O3S. The summed E-state index contributed by atoms with van der Waals surface area (Å²) >= 11 is 0. The predicted molar refractivity (Wildman–Crippen MR) is 76.0 cm³/mol. The highest BCUT2D eigenvalue weighted by Crippen LogP contribution is 2.15. The van der Waals surface area contributed by atoms with Crippen LogP contribution in [0, 0.1) is 20.8 Å². The number of sulfonamides is 1. The molecule has 20 heavy (non-hydrogen) atoms. The molecule has 0 aliphatic rings. The Balaban J connectivity index is 2.06. The minimum atomic E-state index is -3.47. The number of rotatable bonds is 5. The summed E-state index contributed by atoms with van der Waals surface area (Å²) < 4.78 is 32.1. The normalized spacial score (nSPS) is 11.8. The summed E-state index contributed by atoms with van der Waals surface area (Å²) in [5.74, 6) is 0.734. The molecule has 108 valence electrons. The zero-order valence-corrected chi connectivity index (χ0v) is 12.6. The van der Waals surface area contributed by atoms with Gasteiger partial charge in [0.1, 0.15) is 5.76 Å². The summed E-state index contributed by atoms with van der Waals surface area (Å²) in [6.07, 6.45) is 0.562. The number of nitrogens with one attached hydrogen (secondary N) is 1. The molecule has 6 heteroatoms. The maximum Gasteiger partial charge on any atom is 0.240 e. The average molecular weight is 294 g/mol. The van der Waals surface area contributed by atoms with Crippen LogP contribution in [0.4, 0.5) is 0 Å². The molecule has 1 heterocycles. The molecule has 0 amide bonds. The van der Waals surface area contributed by atoms with Crippen molar-refractivity contribution in [3.63, 3.8) is 0 Å². The summed E-state index contributed by atoms with van der Waals surface area (Å²) in [5, 5.41) is 3.85. The quantitative estimate of drug-likeness (QED) is 0.917. The molecule has 0 atom stereocenters. The van der Waals surface area contributed by atoms with E-state index in [9.17, 15) is 8.42 Å². The van der Waals surface area contributed by atoms with Crippen LogP contribution in [0.5, 0.6) is 0 Å². The number of aromatic nitrogens is 1. The zero-order chi connectivity index (χ0) is 14.8.